The standard InChI is InChI=1S/C18H26N4S/c1-5-19-18(21-12-17-14(3)22-15(4)23-17)20-11-10-16-8-6-13(2)7-9-16/h6-9H,5,10-12H2,1-4H3,(H2,19,20,21). The molecule has 2 N–H and O–H groups in total. The Hall–Kier alpha value is -1.88. The van der Waals surface area contributed by atoms with E-state index in [0.717, 1.165) is 36.2 Å². The van der Waals surface area contributed by atoms with Gasteiger partial charge in [-0.25, -0.2) is 9.98 Å². The van der Waals surface area contributed by atoms with Crippen LogP contribution in [0.5, 0.6) is 0 Å². The minimum absolute atomic E-state index is 0.678. The molecule has 23 heavy (non-hydrogen) atoms. The summed E-state index contributed by atoms with van der Waals surface area (Å²) in [6, 6.07) is 8.68. The van der Waals surface area contributed by atoms with Crippen molar-refractivity contribution in [2.24, 2.45) is 4.99 Å². The third kappa shape index (κ3) is 5.67. The van der Waals surface area contributed by atoms with Gasteiger partial charge in [0.05, 0.1) is 17.2 Å². The predicted octanol–water partition coefficient (Wildman–Crippen LogP) is 3.37. The van der Waals surface area contributed by atoms with Crippen molar-refractivity contribution in [2.75, 3.05) is 13.1 Å². The first-order valence-electron chi connectivity index (χ1n) is 8.09. The summed E-state index contributed by atoms with van der Waals surface area (Å²) in [6.07, 6.45) is 0.989. The van der Waals surface area contributed by atoms with Crippen LogP contribution in [0.25, 0.3) is 0 Å². The molecule has 0 spiro atoms. The first kappa shape index (κ1) is 17.5. The Labute approximate surface area is 143 Å². The summed E-state index contributed by atoms with van der Waals surface area (Å²) >= 11 is 1.72. The van der Waals surface area contributed by atoms with Crippen LogP contribution in [-0.2, 0) is 13.0 Å². The number of guanidine groups is 1. The Morgan fingerprint density at radius 1 is 1.13 bits per heavy atom. The Bertz CT molecular complexity index is 644. The van der Waals surface area contributed by atoms with E-state index >= 15 is 0 Å². The van der Waals surface area contributed by atoms with E-state index < -0.39 is 0 Å². The molecule has 0 aliphatic heterocycles. The number of aryl methyl sites for hydroxylation is 3. The van der Waals surface area contributed by atoms with Gasteiger partial charge >= 0.3 is 0 Å². The molecule has 0 fully saturated rings. The molecule has 0 bridgehead atoms. The van der Waals surface area contributed by atoms with E-state index in [9.17, 15) is 0 Å². The molecular formula is C18H26N4S. The molecule has 2 aromatic rings. The molecule has 0 atom stereocenters. The lowest BCUT2D eigenvalue weighted by Crippen LogP contribution is -2.38. The molecule has 1 aromatic heterocycles. The van der Waals surface area contributed by atoms with E-state index in [2.05, 4.69) is 58.7 Å². The van der Waals surface area contributed by atoms with Crippen molar-refractivity contribution in [1.82, 2.24) is 15.6 Å². The van der Waals surface area contributed by atoms with E-state index in [4.69, 9.17) is 0 Å². The fourth-order valence-corrected chi connectivity index (χ4v) is 3.15. The van der Waals surface area contributed by atoms with Crippen LogP contribution in [0.15, 0.2) is 29.3 Å². The Morgan fingerprint density at radius 3 is 2.48 bits per heavy atom. The predicted molar refractivity (Wildman–Crippen MR) is 99.3 cm³/mol. The van der Waals surface area contributed by atoms with Crippen LogP contribution in [0.4, 0.5) is 0 Å². The van der Waals surface area contributed by atoms with Crippen LogP contribution in [-0.4, -0.2) is 24.0 Å². The molecule has 0 saturated carbocycles. The van der Waals surface area contributed by atoms with Crippen LogP contribution < -0.4 is 10.6 Å². The zero-order chi connectivity index (χ0) is 16.7. The number of aromatic nitrogens is 1. The van der Waals surface area contributed by atoms with Crippen molar-refractivity contribution in [3.8, 4) is 0 Å². The molecule has 0 saturated heterocycles. The van der Waals surface area contributed by atoms with Crippen molar-refractivity contribution in [1.29, 1.82) is 0 Å². The van der Waals surface area contributed by atoms with Crippen molar-refractivity contribution >= 4 is 17.3 Å². The maximum Gasteiger partial charge on any atom is 0.191 e. The van der Waals surface area contributed by atoms with Gasteiger partial charge in [0.15, 0.2) is 5.96 Å². The van der Waals surface area contributed by atoms with Crippen LogP contribution in [0.2, 0.25) is 0 Å². The fourth-order valence-electron chi connectivity index (χ4n) is 2.29. The lowest BCUT2D eigenvalue weighted by Gasteiger charge is -2.11. The molecule has 1 heterocycles. The molecular weight excluding hydrogens is 304 g/mol. The van der Waals surface area contributed by atoms with Gasteiger partial charge in [-0.2, -0.15) is 0 Å². The number of hydrogen-bond acceptors (Lipinski definition) is 3. The first-order valence-corrected chi connectivity index (χ1v) is 8.90. The second-order valence-corrected chi connectivity index (χ2v) is 6.89. The number of rotatable bonds is 6. The van der Waals surface area contributed by atoms with Crippen molar-refractivity contribution < 1.29 is 0 Å². The lowest BCUT2D eigenvalue weighted by molar-refractivity contribution is 0.800. The number of nitrogens with zero attached hydrogens (tertiary/aromatic N) is 2. The van der Waals surface area contributed by atoms with Gasteiger partial charge in [-0.15, -0.1) is 11.3 Å². The Morgan fingerprint density at radius 2 is 1.87 bits per heavy atom. The van der Waals surface area contributed by atoms with Gasteiger partial charge in [-0.1, -0.05) is 29.8 Å². The average Bonchev–Trinajstić information content (AvgIpc) is 2.84. The van der Waals surface area contributed by atoms with Gasteiger partial charge in [0, 0.05) is 18.0 Å². The highest BCUT2D eigenvalue weighted by Crippen LogP contribution is 2.17. The highest BCUT2D eigenvalue weighted by atomic mass is 32.1. The van der Waals surface area contributed by atoms with E-state index in [-0.39, 0.29) is 0 Å². The van der Waals surface area contributed by atoms with Gasteiger partial charge < -0.3 is 10.6 Å². The van der Waals surface area contributed by atoms with E-state index in [0.29, 0.717) is 6.54 Å². The summed E-state index contributed by atoms with van der Waals surface area (Å²) in [5, 5.41) is 7.80. The Kier molecular flexibility index (Phi) is 6.59. The van der Waals surface area contributed by atoms with E-state index in [1.807, 2.05) is 13.8 Å². The van der Waals surface area contributed by atoms with Gasteiger partial charge in [0.2, 0.25) is 0 Å². The largest absolute Gasteiger partial charge is 0.357 e. The Balaban J connectivity index is 1.88. The second-order valence-electron chi connectivity index (χ2n) is 5.60. The fraction of sp³-hybridized carbons (Fsp3) is 0.444. The third-order valence-corrected chi connectivity index (χ3v) is 4.61. The third-order valence-electron chi connectivity index (χ3n) is 3.55. The summed E-state index contributed by atoms with van der Waals surface area (Å²) in [4.78, 5) is 10.4. The summed E-state index contributed by atoms with van der Waals surface area (Å²) < 4.78 is 0. The molecule has 0 radical (unpaired) electrons. The smallest absolute Gasteiger partial charge is 0.191 e. The van der Waals surface area contributed by atoms with Gasteiger partial charge in [-0.3, -0.25) is 0 Å². The lowest BCUT2D eigenvalue weighted by atomic mass is 10.1. The SMILES string of the molecule is CCNC(=NCc1sc(C)nc1C)NCCc1ccc(C)cc1. The molecule has 0 amide bonds. The molecule has 0 unspecified atom stereocenters. The van der Waals surface area contributed by atoms with Gasteiger partial charge in [0.25, 0.3) is 0 Å². The molecule has 0 aliphatic carbocycles. The maximum atomic E-state index is 4.67. The van der Waals surface area contributed by atoms with Crippen molar-refractivity contribution in [2.45, 2.75) is 40.7 Å². The van der Waals surface area contributed by atoms with Crippen LogP contribution in [0.1, 0.15) is 33.6 Å². The highest BCUT2D eigenvalue weighted by Gasteiger charge is 2.04. The quantitative estimate of drug-likeness (QED) is 0.631. The van der Waals surface area contributed by atoms with Crippen molar-refractivity contribution in [3.05, 3.63) is 51.0 Å². The van der Waals surface area contributed by atoms with E-state index in [1.54, 1.807) is 11.3 Å². The zero-order valence-corrected chi connectivity index (χ0v) is 15.3. The molecule has 2 rings (SSSR count). The minimum Gasteiger partial charge on any atom is -0.357 e. The number of benzene rings is 1. The summed E-state index contributed by atoms with van der Waals surface area (Å²) in [5.41, 5.74) is 3.73. The molecule has 4 nitrogen and oxygen atoms in total. The first-order chi connectivity index (χ1) is 11.1. The molecule has 124 valence electrons. The molecule has 0 aliphatic rings. The zero-order valence-electron chi connectivity index (χ0n) is 14.4. The molecule has 5 heteroatoms. The second kappa shape index (κ2) is 8.67. The topological polar surface area (TPSA) is 49.3 Å². The van der Waals surface area contributed by atoms with Crippen molar-refractivity contribution in [3.63, 3.8) is 0 Å². The average molecular weight is 331 g/mol. The number of aliphatic imine (C=N–C) groups is 1. The maximum absolute atomic E-state index is 4.67. The van der Waals surface area contributed by atoms with Gasteiger partial charge in [-0.05, 0) is 39.7 Å². The number of nitrogens with one attached hydrogen (secondary N) is 2. The van der Waals surface area contributed by atoms with Crippen LogP contribution in [0, 0.1) is 20.8 Å². The number of thiazole rings is 1. The van der Waals surface area contributed by atoms with E-state index in [1.165, 1.54) is 16.0 Å². The van der Waals surface area contributed by atoms with Gasteiger partial charge in [0.1, 0.15) is 0 Å². The van der Waals surface area contributed by atoms with Crippen LogP contribution >= 0.6 is 11.3 Å². The number of hydrogen-bond donors (Lipinski definition) is 2. The summed E-state index contributed by atoms with van der Waals surface area (Å²) in [6.45, 7) is 10.7. The van der Waals surface area contributed by atoms with Crippen LogP contribution in [0.3, 0.4) is 0 Å². The summed E-state index contributed by atoms with van der Waals surface area (Å²) in [5.74, 6) is 0.866. The molecule has 1 aromatic carbocycles. The summed E-state index contributed by atoms with van der Waals surface area (Å²) in [7, 11) is 0. The highest BCUT2D eigenvalue weighted by molar-refractivity contribution is 7.11. The monoisotopic (exact) mass is 330 g/mol. The normalized spacial score (nSPS) is 11.6. The minimum atomic E-state index is 0.678.